The number of aryl methyl sites for hydroxylation is 1. The number of ether oxygens (including phenoxy) is 1. The number of nitrogens with zero attached hydrogens (tertiary/aromatic N) is 2. The number of fused-ring (bicyclic) bond motifs is 1. The van der Waals surface area contributed by atoms with Gasteiger partial charge in [-0.25, -0.2) is 4.98 Å². The summed E-state index contributed by atoms with van der Waals surface area (Å²) in [6.07, 6.45) is 0. The lowest BCUT2D eigenvalue weighted by Crippen LogP contribution is -2.32. The third-order valence-electron chi connectivity index (χ3n) is 4.08. The Labute approximate surface area is 149 Å². The van der Waals surface area contributed by atoms with Crippen molar-refractivity contribution >= 4 is 27.5 Å². The van der Waals surface area contributed by atoms with Crippen molar-refractivity contribution in [3.63, 3.8) is 0 Å². The summed E-state index contributed by atoms with van der Waals surface area (Å²) in [7, 11) is 1.66. The Morgan fingerprint density at radius 3 is 2.92 bits per heavy atom. The molecule has 7 heteroatoms. The molecule has 0 bridgehead atoms. The lowest BCUT2D eigenvalue weighted by molar-refractivity contribution is -0.132. The highest BCUT2D eigenvalue weighted by atomic mass is 32.1. The number of thiophene rings is 1. The van der Waals surface area contributed by atoms with E-state index in [4.69, 9.17) is 4.74 Å². The van der Waals surface area contributed by atoms with Gasteiger partial charge in [-0.05, 0) is 42.5 Å². The van der Waals surface area contributed by atoms with Crippen LogP contribution in [0.25, 0.3) is 10.2 Å². The summed E-state index contributed by atoms with van der Waals surface area (Å²) in [5, 5.41) is 1.82. The number of rotatable bonds is 5. The second-order valence-electron chi connectivity index (χ2n) is 5.88. The molecule has 0 aliphatic heterocycles. The largest absolute Gasteiger partial charge is 0.483 e. The van der Waals surface area contributed by atoms with Crippen LogP contribution in [0.15, 0.2) is 34.4 Å². The third-order valence-corrected chi connectivity index (χ3v) is 4.99. The van der Waals surface area contributed by atoms with E-state index in [2.05, 4.69) is 9.97 Å². The molecule has 2 aromatic heterocycles. The van der Waals surface area contributed by atoms with Crippen LogP contribution in [0.2, 0.25) is 0 Å². The van der Waals surface area contributed by atoms with Crippen LogP contribution in [-0.2, 0) is 11.3 Å². The average molecular weight is 357 g/mol. The molecule has 130 valence electrons. The number of carbonyl (C=O) groups is 1. The van der Waals surface area contributed by atoms with Crippen molar-refractivity contribution in [3.05, 3.63) is 57.0 Å². The van der Waals surface area contributed by atoms with Gasteiger partial charge in [0.1, 0.15) is 16.3 Å². The minimum atomic E-state index is -0.186. The van der Waals surface area contributed by atoms with E-state index in [9.17, 15) is 9.59 Å². The summed E-state index contributed by atoms with van der Waals surface area (Å²) >= 11 is 1.35. The number of hydrogen-bond acceptors (Lipinski definition) is 5. The van der Waals surface area contributed by atoms with E-state index in [1.165, 1.54) is 16.2 Å². The number of carbonyl (C=O) groups excluding carboxylic acids is 1. The maximum atomic E-state index is 12.3. The third kappa shape index (κ3) is 3.71. The van der Waals surface area contributed by atoms with Crippen LogP contribution in [0.3, 0.4) is 0 Å². The van der Waals surface area contributed by atoms with E-state index < -0.39 is 0 Å². The van der Waals surface area contributed by atoms with Crippen LogP contribution in [0, 0.1) is 13.8 Å². The quantitative estimate of drug-likeness (QED) is 0.762. The first kappa shape index (κ1) is 17.2. The normalized spacial score (nSPS) is 10.8. The number of H-pyrrole nitrogens is 1. The van der Waals surface area contributed by atoms with Gasteiger partial charge in [-0.3, -0.25) is 9.59 Å². The number of benzene rings is 1. The number of aromatic amines is 1. The summed E-state index contributed by atoms with van der Waals surface area (Å²) in [4.78, 5) is 32.9. The molecule has 0 fully saturated rings. The van der Waals surface area contributed by atoms with Crippen LogP contribution >= 0.6 is 11.3 Å². The molecule has 0 atom stereocenters. The Morgan fingerprint density at radius 2 is 2.12 bits per heavy atom. The molecule has 0 unspecified atom stereocenters. The van der Waals surface area contributed by atoms with Gasteiger partial charge in [0, 0.05) is 7.05 Å². The second kappa shape index (κ2) is 7.06. The standard InChI is InChI=1S/C18H19N3O3S/c1-11-5-4-6-14(12(11)2)24-10-16(22)21(3)9-15-19-13-7-8-25-17(13)18(23)20-15/h4-8H,9-10H2,1-3H3,(H,19,20,23). The Balaban J connectivity index is 1.65. The molecule has 1 N–H and O–H groups in total. The van der Waals surface area contributed by atoms with Crippen molar-refractivity contribution in [2.75, 3.05) is 13.7 Å². The van der Waals surface area contributed by atoms with Crippen LogP contribution in [0.5, 0.6) is 5.75 Å². The fraction of sp³-hybridized carbons (Fsp3) is 0.278. The molecule has 1 aromatic carbocycles. The summed E-state index contributed by atoms with van der Waals surface area (Å²) in [5.41, 5.74) is 2.61. The van der Waals surface area contributed by atoms with Crippen LogP contribution in [0.1, 0.15) is 17.0 Å². The molecule has 0 spiro atoms. The number of likely N-dealkylation sites (N-methyl/N-ethyl adjacent to an activating group) is 1. The van der Waals surface area contributed by atoms with Gasteiger partial charge < -0.3 is 14.6 Å². The zero-order valence-corrected chi connectivity index (χ0v) is 15.1. The van der Waals surface area contributed by atoms with Gasteiger partial charge in [0.2, 0.25) is 0 Å². The topological polar surface area (TPSA) is 75.3 Å². The molecule has 1 amide bonds. The first-order valence-electron chi connectivity index (χ1n) is 7.85. The van der Waals surface area contributed by atoms with Crippen LogP contribution in [-0.4, -0.2) is 34.4 Å². The van der Waals surface area contributed by atoms with Gasteiger partial charge >= 0.3 is 0 Å². The monoisotopic (exact) mass is 357 g/mol. The van der Waals surface area contributed by atoms with Gasteiger partial charge in [-0.1, -0.05) is 12.1 Å². The molecule has 25 heavy (non-hydrogen) atoms. The second-order valence-corrected chi connectivity index (χ2v) is 6.80. The van der Waals surface area contributed by atoms with E-state index in [1.54, 1.807) is 13.1 Å². The summed E-state index contributed by atoms with van der Waals surface area (Å²) in [5.74, 6) is 0.973. The fourth-order valence-corrected chi connectivity index (χ4v) is 3.17. The molecule has 2 heterocycles. The summed E-state index contributed by atoms with van der Waals surface area (Å²) in [6, 6.07) is 7.54. The predicted molar refractivity (Wildman–Crippen MR) is 98.1 cm³/mol. The van der Waals surface area contributed by atoms with Crippen molar-refractivity contribution in [1.82, 2.24) is 14.9 Å². The van der Waals surface area contributed by atoms with E-state index in [1.807, 2.05) is 37.4 Å². The van der Waals surface area contributed by atoms with Gasteiger partial charge in [0.05, 0.1) is 12.1 Å². The van der Waals surface area contributed by atoms with Crippen molar-refractivity contribution in [1.29, 1.82) is 0 Å². The lowest BCUT2D eigenvalue weighted by atomic mass is 10.1. The molecule has 0 saturated heterocycles. The van der Waals surface area contributed by atoms with Crippen LogP contribution < -0.4 is 10.3 Å². The maximum absolute atomic E-state index is 12.3. The molecule has 0 saturated carbocycles. The van der Waals surface area contributed by atoms with Crippen molar-refractivity contribution in [2.24, 2.45) is 0 Å². The molecule has 3 aromatic rings. The van der Waals surface area contributed by atoms with E-state index >= 15 is 0 Å². The molecule has 0 radical (unpaired) electrons. The zero-order chi connectivity index (χ0) is 18.0. The molecular formula is C18H19N3O3S. The Hall–Kier alpha value is -2.67. The zero-order valence-electron chi connectivity index (χ0n) is 14.3. The Bertz CT molecular complexity index is 977. The minimum Gasteiger partial charge on any atom is -0.483 e. The number of nitrogens with one attached hydrogen (secondary N) is 1. The van der Waals surface area contributed by atoms with E-state index in [0.29, 0.717) is 21.8 Å². The van der Waals surface area contributed by atoms with Crippen molar-refractivity contribution in [2.45, 2.75) is 20.4 Å². The van der Waals surface area contributed by atoms with E-state index in [-0.39, 0.29) is 24.6 Å². The van der Waals surface area contributed by atoms with Crippen LogP contribution in [0.4, 0.5) is 0 Å². The first-order valence-corrected chi connectivity index (χ1v) is 8.73. The highest BCUT2D eigenvalue weighted by Gasteiger charge is 2.14. The van der Waals surface area contributed by atoms with Gasteiger partial charge in [-0.15, -0.1) is 11.3 Å². The summed E-state index contributed by atoms with van der Waals surface area (Å²) in [6.45, 7) is 4.12. The smallest absolute Gasteiger partial charge is 0.268 e. The number of amides is 1. The molecule has 3 rings (SSSR count). The molecule has 0 aliphatic carbocycles. The summed E-state index contributed by atoms with van der Waals surface area (Å²) < 4.78 is 6.23. The highest BCUT2D eigenvalue weighted by Crippen LogP contribution is 2.20. The molecule has 6 nitrogen and oxygen atoms in total. The van der Waals surface area contributed by atoms with Gasteiger partial charge in [0.15, 0.2) is 6.61 Å². The highest BCUT2D eigenvalue weighted by molar-refractivity contribution is 7.17. The van der Waals surface area contributed by atoms with Crippen molar-refractivity contribution < 1.29 is 9.53 Å². The van der Waals surface area contributed by atoms with Gasteiger partial charge in [0.25, 0.3) is 11.5 Å². The minimum absolute atomic E-state index is 0.0638. The van der Waals surface area contributed by atoms with Gasteiger partial charge in [-0.2, -0.15) is 0 Å². The molecular weight excluding hydrogens is 338 g/mol. The molecule has 0 aliphatic rings. The first-order chi connectivity index (χ1) is 12.0. The lowest BCUT2D eigenvalue weighted by Gasteiger charge is -2.17. The average Bonchev–Trinajstić information content (AvgIpc) is 3.05. The Morgan fingerprint density at radius 1 is 1.32 bits per heavy atom. The maximum Gasteiger partial charge on any atom is 0.268 e. The Kier molecular flexibility index (Phi) is 4.85. The van der Waals surface area contributed by atoms with Crippen molar-refractivity contribution in [3.8, 4) is 5.75 Å². The number of aromatic nitrogens is 2. The SMILES string of the molecule is Cc1cccc(OCC(=O)N(C)Cc2nc3ccsc3c(=O)[nH]2)c1C. The predicted octanol–water partition coefficient (Wildman–Crippen LogP) is 2.64. The number of hydrogen-bond donors (Lipinski definition) is 1. The fourth-order valence-electron chi connectivity index (χ4n) is 2.44. The van der Waals surface area contributed by atoms with E-state index in [0.717, 1.165) is 11.1 Å².